The van der Waals surface area contributed by atoms with Crippen LogP contribution in [0.25, 0.3) is 0 Å². The summed E-state index contributed by atoms with van der Waals surface area (Å²) in [6, 6.07) is -0.0428. The van der Waals surface area contributed by atoms with Gasteiger partial charge in [-0.05, 0) is 30.6 Å². The second-order valence-electron chi connectivity index (χ2n) is 7.43. The van der Waals surface area contributed by atoms with Gasteiger partial charge in [0, 0.05) is 19.0 Å². The SMILES string of the molecule is CC(C)CC1NC(=O)CCN(C2CCCC2(C)C)C1=O. The molecule has 0 spiro atoms. The van der Waals surface area contributed by atoms with E-state index < -0.39 is 0 Å². The van der Waals surface area contributed by atoms with Gasteiger partial charge in [-0.3, -0.25) is 9.59 Å². The Bertz CT molecular complexity index is 390. The summed E-state index contributed by atoms with van der Waals surface area (Å²) < 4.78 is 0. The Balaban J connectivity index is 2.19. The number of hydrogen-bond acceptors (Lipinski definition) is 2. The molecule has 2 aliphatic rings. The second-order valence-corrected chi connectivity index (χ2v) is 7.43. The number of nitrogens with zero attached hydrogens (tertiary/aromatic N) is 1. The summed E-state index contributed by atoms with van der Waals surface area (Å²) in [6.45, 7) is 9.25. The fraction of sp³-hybridized carbons (Fsp3) is 0.875. The summed E-state index contributed by atoms with van der Waals surface area (Å²) >= 11 is 0. The average molecular weight is 280 g/mol. The van der Waals surface area contributed by atoms with Crippen molar-refractivity contribution in [1.29, 1.82) is 0 Å². The fourth-order valence-electron chi connectivity index (χ4n) is 3.69. The van der Waals surface area contributed by atoms with Crippen molar-refractivity contribution < 1.29 is 9.59 Å². The van der Waals surface area contributed by atoms with Gasteiger partial charge in [-0.25, -0.2) is 0 Å². The lowest BCUT2D eigenvalue weighted by atomic mass is 9.86. The van der Waals surface area contributed by atoms with Gasteiger partial charge in [0.1, 0.15) is 6.04 Å². The van der Waals surface area contributed by atoms with E-state index in [0.29, 0.717) is 18.9 Å². The van der Waals surface area contributed by atoms with Gasteiger partial charge in [0.05, 0.1) is 0 Å². The molecule has 2 unspecified atom stereocenters. The van der Waals surface area contributed by atoms with Crippen molar-refractivity contribution >= 4 is 11.8 Å². The third kappa shape index (κ3) is 3.15. The predicted octanol–water partition coefficient (Wildman–Crippen LogP) is 2.33. The second kappa shape index (κ2) is 5.74. The zero-order valence-corrected chi connectivity index (χ0v) is 13.2. The van der Waals surface area contributed by atoms with Crippen LogP contribution in [-0.2, 0) is 9.59 Å². The molecule has 4 nitrogen and oxygen atoms in total. The van der Waals surface area contributed by atoms with Crippen LogP contribution in [0.2, 0.25) is 0 Å². The molecule has 0 bridgehead atoms. The molecule has 1 saturated carbocycles. The van der Waals surface area contributed by atoms with E-state index in [1.807, 2.05) is 4.90 Å². The smallest absolute Gasteiger partial charge is 0.245 e. The van der Waals surface area contributed by atoms with Gasteiger partial charge >= 0.3 is 0 Å². The minimum atomic E-state index is -0.332. The molecule has 1 saturated heterocycles. The Kier molecular flexibility index (Phi) is 4.40. The molecule has 0 aromatic carbocycles. The fourth-order valence-corrected chi connectivity index (χ4v) is 3.69. The van der Waals surface area contributed by atoms with Crippen molar-refractivity contribution in [2.24, 2.45) is 11.3 Å². The summed E-state index contributed by atoms with van der Waals surface area (Å²) in [5, 5.41) is 2.91. The minimum absolute atomic E-state index is 0.0160. The van der Waals surface area contributed by atoms with Crippen molar-refractivity contribution in [2.45, 2.75) is 71.9 Å². The summed E-state index contributed by atoms with van der Waals surface area (Å²) in [6.07, 6.45) is 4.58. The molecule has 0 radical (unpaired) electrons. The Morgan fingerprint density at radius 1 is 1.35 bits per heavy atom. The maximum absolute atomic E-state index is 12.8. The van der Waals surface area contributed by atoms with E-state index in [2.05, 4.69) is 33.0 Å². The number of rotatable bonds is 3. The van der Waals surface area contributed by atoms with E-state index in [1.165, 1.54) is 6.42 Å². The van der Waals surface area contributed by atoms with Gasteiger partial charge in [0.15, 0.2) is 0 Å². The lowest BCUT2D eigenvalue weighted by Gasteiger charge is -2.38. The summed E-state index contributed by atoms with van der Waals surface area (Å²) in [5.74, 6) is 0.549. The molecule has 0 aromatic rings. The Morgan fingerprint density at radius 3 is 2.60 bits per heavy atom. The molecule has 20 heavy (non-hydrogen) atoms. The maximum Gasteiger partial charge on any atom is 0.245 e. The molecule has 1 aliphatic carbocycles. The molecule has 1 aliphatic heterocycles. The highest BCUT2D eigenvalue weighted by atomic mass is 16.2. The van der Waals surface area contributed by atoms with Crippen LogP contribution in [0.5, 0.6) is 0 Å². The van der Waals surface area contributed by atoms with E-state index >= 15 is 0 Å². The summed E-state index contributed by atoms with van der Waals surface area (Å²) in [4.78, 5) is 26.7. The van der Waals surface area contributed by atoms with E-state index in [0.717, 1.165) is 19.3 Å². The van der Waals surface area contributed by atoms with E-state index in [1.54, 1.807) is 0 Å². The lowest BCUT2D eigenvalue weighted by Crippen LogP contribution is -2.51. The van der Waals surface area contributed by atoms with Crippen molar-refractivity contribution in [2.75, 3.05) is 6.54 Å². The third-order valence-corrected chi connectivity index (χ3v) is 4.78. The first kappa shape index (κ1) is 15.3. The van der Waals surface area contributed by atoms with Crippen molar-refractivity contribution in [3.05, 3.63) is 0 Å². The minimum Gasteiger partial charge on any atom is -0.344 e. The molecular formula is C16H28N2O2. The molecule has 2 amide bonds. The number of nitrogens with one attached hydrogen (secondary N) is 1. The summed E-state index contributed by atoms with van der Waals surface area (Å²) in [7, 11) is 0. The molecular weight excluding hydrogens is 252 g/mol. The Morgan fingerprint density at radius 2 is 2.05 bits per heavy atom. The molecule has 114 valence electrons. The molecule has 1 N–H and O–H groups in total. The Labute approximate surface area is 122 Å². The highest BCUT2D eigenvalue weighted by Gasteiger charge is 2.43. The Hall–Kier alpha value is -1.06. The summed E-state index contributed by atoms with van der Waals surface area (Å²) in [5.41, 5.74) is 0.172. The number of amides is 2. The molecule has 1 heterocycles. The van der Waals surface area contributed by atoms with Crippen molar-refractivity contribution in [1.82, 2.24) is 10.2 Å². The zero-order chi connectivity index (χ0) is 14.9. The van der Waals surface area contributed by atoms with Crippen LogP contribution >= 0.6 is 0 Å². The van der Waals surface area contributed by atoms with Crippen LogP contribution < -0.4 is 5.32 Å². The standard InChI is InChI=1S/C16H28N2O2/c1-11(2)10-12-15(20)18(9-7-14(19)17-12)13-6-5-8-16(13,3)4/h11-13H,5-10H2,1-4H3,(H,17,19). The molecule has 2 fully saturated rings. The van der Waals surface area contributed by atoms with Crippen LogP contribution in [0.1, 0.15) is 59.8 Å². The number of carbonyl (C=O) groups is 2. The highest BCUT2D eigenvalue weighted by Crippen LogP contribution is 2.41. The van der Waals surface area contributed by atoms with Crippen molar-refractivity contribution in [3.63, 3.8) is 0 Å². The lowest BCUT2D eigenvalue weighted by molar-refractivity contribution is -0.137. The average Bonchev–Trinajstić information content (AvgIpc) is 2.61. The normalized spacial score (nSPS) is 30.6. The quantitative estimate of drug-likeness (QED) is 0.862. The highest BCUT2D eigenvalue weighted by molar-refractivity contribution is 5.90. The molecule has 2 rings (SSSR count). The van der Waals surface area contributed by atoms with Crippen LogP contribution in [-0.4, -0.2) is 35.3 Å². The largest absolute Gasteiger partial charge is 0.344 e. The first-order valence-corrected chi connectivity index (χ1v) is 7.91. The molecule has 4 heteroatoms. The van der Waals surface area contributed by atoms with Crippen molar-refractivity contribution in [3.8, 4) is 0 Å². The van der Waals surface area contributed by atoms with Gasteiger partial charge < -0.3 is 10.2 Å². The first-order valence-electron chi connectivity index (χ1n) is 7.91. The van der Waals surface area contributed by atoms with E-state index in [-0.39, 0.29) is 29.3 Å². The number of carbonyl (C=O) groups excluding carboxylic acids is 2. The monoisotopic (exact) mass is 280 g/mol. The van der Waals surface area contributed by atoms with Gasteiger partial charge in [-0.2, -0.15) is 0 Å². The van der Waals surface area contributed by atoms with Gasteiger partial charge in [-0.15, -0.1) is 0 Å². The van der Waals surface area contributed by atoms with E-state index in [4.69, 9.17) is 0 Å². The van der Waals surface area contributed by atoms with Gasteiger partial charge in [-0.1, -0.05) is 34.1 Å². The number of hydrogen-bond donors (Lipinski definition) is 1. The maximum atomic E-state index is 12.8. The first-order chi connectivity index (χ1) is 9.31. The predicted molar refractivity (Wildman–Crippen MR) is 79.1 cm³/mol. The van der Waals surface area contributed by atoms with Gasteiger partial charge in [0.25, 0.3) is 0 Å². The zero-order valence-electron chi connectivity index (χ0n) is 13.2. The molecule has 2 atom stereocenters. The topological polar surface area (TPSA) is 49.4 Å². The van der Waals surface area contributed by atoms with Crippen LogP contribution in [0, 0.1) is 11.3 Å². The van der Waals surface area contributed by atoms with Gasteiger partial charge in [0.2, 0.25) is 11.8 Å². The third-order valence-electron chi connectivity index (χ3n) is 4.78. The van der Waals surface area contributed by atoms with Crippen LogP contribution in [0.15, 0.2) is 0 Å². The van der Waals surface area contributed by atoms with E-state index in [9.17, 15) is 9.59 Å². The molecule has 0 aromatic heterocycles. The van der Waals surface area contributed by atoms with Crippen LogP contribution in [0.4, 0.5) is 0 Å². The van der Waals surface area contributed by atoms with Crippen LogP contribution in [0.3, 0.4) is 0 Å².